The van der Waals surface area contributed by atoms with E-state index in [1.165, 1.54) is 7.11 Å². The largest absolute Gasteiger partial charge is 0.468 e. The molecule has 0 amide bonds. The van der Waals surface area contributed by atoms with Gasteiger partial charge in [-0.15, -0.1) is 0 Å². The van der Waals surface area contributed by atoms with E-state index in [0.29, 0.717) is 0 Å². The third kappa shape index (κ3) is 6.91. The van der Waals surface area contributed by atoms with Gasteiger partial charge in [-0.3, -0.25) is 4.79 Å². The van der Waals surface area contributed by atoms with Gasteiger partial charge < -0.3 is 14.8 Å². The van der Waals surface area contributed by atoms with E-state index in [9.17, 15) is 4.79 Å². The minimum Gasteiger partial charge on any atom is -0.468 e. The fourth-order valence-electron chi connectivity index (χ4n) is 1.56. The molecule has 0 heterocycles. The van der Waals surface area contributed by atoms with Crippen LogP contribution in [0.3, 0.4) is 0 Å². The molecule has 0 rings (SSSR count). The minimum atomic E-state index is -0.558. The minimum absolute atomic E-state index is 0.183. The second-order valence-corrected chi connectivity index (χ2v) is 5.29. The Balaban J connectivity index is 3.88. The lowest BCUT2D eigenvalue weighted by molar-refractivity contribution is -0.147. The number of likely N-dealkylation sites (N-methyl/N-ethyl adjacent to an activating group) is 1. The van der Waals surface area contributed by atoms with E-state index in [1.54, 1.807) is 7.11 Å². The second-order valence-electron chi connectivity index (χ2n) is 4.06. The van der Waals surface area contributed by atoms with E-state index in [4.69, 9.17) is 9.47 Å². The number of methoxy groups -OCH3 is 2. The molecule has 1 atom stereocenters. The maximum atomic E-state index is 11.7. The van der Waals surface area contributed by atoms with Crippen molar-refractivity contribution < 1.29 is 14.3 Å². The van der Waals surface area contributed by atoms with Gasteiger partial charge in [-0.25, -0.2) is 0 Å². The molecule has 0 spiro atoms. The average Bonchev–Trinajstić information content (AvgIpc) is 2.33. The maximum Gasteiger partial charge on any atom is 0.325 e. The van der Waals surface area contributed by atoms with Crippen molar-refractivity contribution in [1.29, 1.82) is 0 Å². The van der Waals surface area contributed by atoms with Crippen LogP contribution < -0.4 is 5.32 Å². The van der Waals surface area contributed by atoms with E-state index in [1.807, 2.05) is 25.6 Å². The molecule has 0 aliphatic heterocycles. The summed E-state index contributed by atoms with van der Waals surface area (Å²) >= 11 is 1.85. The predicted molar refractivity (Wildman–Crippen MR) is 72.5 cm³/mol. The SMILES string of the molecule is CCNC(C)(CCSCCCOC)C(=O)OC. The van der Waals surface area contributed by atoms with E-state index in [2.05, 4.69) is 5.32 Å². The summed E-state index contributed by atoms with van der Waals surface area (Å²) in [6.45, 7) is 5.46. The van der Waals surface area contributed by atoms with Crippen molar-refractivity contribution in [1.82, 2.24) is 5.32 Å². The first kappa shape index (κ1) is 16.7. The van der Waals surface area contributed by atoms with E-state index in [0.717, 1.165) is 37.5 Å². The topological polar surface area (TPSA) is 47.6 Å². The van der Waals surface area contributed by atoms with E-state index >= 15 is 0 Å². The summed E-state index contributed by atoms with van der Waals surface area (Å²) in [5.74, 6) is 1.83. The fraction of sp³-hybridized carbons (Fsp3) is 0.917. The number of nitrogens with one attached hydrogen (secondary N) is 1. The highest BCUT2D eigenvalue weighted by Gasteiger charge is 2.32. The molecule has 1 N–H and O–H groups in total. The van der Waals surface area contributed by atoms with Gasteiger partial charge in [-0.2, -0.15) is 11.8 Å². The first-order valence-corrected chi connectivity index (χ1v) is 7.16. The molecular formula is C12H25NO3S. The molecule has 0 aromatic heterocycles. The number of carbonyl (C=O) groups excluding carboxylic acids is 1. The van der Waals surface area contributed by atoms with Crippen molar-refractivity contribution in [3.8, 4) is 0 Å². The molecule has 0 aromatic rings. The van der Waals surface area contributed by atoms with Crippen LogP contribution in [-0.4, -0.2) is 50.4 Å². The predicted octanol–water partition coefficient (Wildman–Crippen LogP) is 1.69. The van der Waals surface area contributed by atoms with Crippen LogP contribution in [0.25, 0.3) is 0 Å². The summed E-state index contributed by atoms with van der Waals surface area (Å²) in [5.41, 5.74) is -0.558. The second kappa shape index (κ2) is 9.74. The first-order valence-electron chi connectivity index (χ1n) is 6.00. The van der Waals surface area contributed by atoms with Crippen LogP contribution in [0.2, 0.25) is 0 Å². The molecule has 0 bridgehead atoms. The Morgan fingerprint density at radius 2 is 2.06 bits per heavy atom. The van der Waals surface area contributed by atoms with Crippen LogP contribution in [0.4, 0.5) is 0 Å². The van der Waals surface area contributed by atoms with Gasteiger partial charge in [-0.1, -0.05) is 6.92 Å². The van der Waals surface area contributed by atoms with Crippen molar-refractivity contribution >= 4 is 17.7 Å². The Hall–Kier alpha value is -0.260. The van der Waals surface area contributed by atoms with Crippen molar-refractivity contribution in [2.75, 3.05) is 38.9 Å². The highest BCUT2D eigenvalue weighted by atomic mass is 32.2. The number of rotatable bonds is 10. The average molecular weight is 263 g/mol. The van der Waals surface area contributed by atoms with Gasteiger partial charge in [0.25, 0.3) is 0 Å². The standard InChI is InChI=1S/C12H25NO3S/c1-5-13-12(2,11(14)16-4)7-10-17-9-6-8-15-3/h13H,5-10H2,1-4H3. The molecule has 4 nitrogen and oxygen atoms in total. The van der Waals surface area contributed by atoms with Crippen molar-refractivity contribution in [3.63, 3.8) is 0 Å². The Kier molecular flexibility index (Phi) is 9.59. The number of hydrogen-bond acceptors (Lipinski definition) is 5. The molecule has 0 radical (unpaired) electrons. The van der Waals surface area contributed by atoms with Gasteiger partial charge in [0.2, 0.25) is 0 Å². The lowest BCUT2D eigenvalue weighted by atomic mass is 9.99. The van der Waals surface area contributed by atoms with Crippen LogP contribution in [0.1, 0.15) is 26.7 Å². The quantitative estimate of drug-likeness (QED) is 0.480. The van der Waals surface area contributed by atoms with Gasteiger partial charge in [0.05, 0.1) is 7.11 Å². The smallest absolute Gasteiger partial charge is 0.325 e. The highest BCUT2D eigenvalue weighted by Crippen LogP contribution is 2.16. The monoisotopic (exact) mass is 263 g/mol. The molecule has 0 saturated carbocycles. The van der Waals surface area contributed by atoms with Crippen LogP contribution >= 0.6 is 11.8 Å². The van der Waals surface area contributed by atoms with Crippen molar-refractivity contribution in [3.05, 3.63) is 0 Å². The van der Waals surface area contributed by atoms with Crippen LogP contribution in [0.15, 0.2) is 0 Å². The summed E-state index contributed by atoms with van der Waals surface area (Å²) in [6, 6.07) is 0. The summed E-state index contributed by atoms with van der Waals surface area (Å²) < 4.78 is 9.82. The van der Waals surface area contributed by atoms with Crippen LogP contribution in [0, 0.1) is 0 Å². The molecular weight excluding hydrogens is 238 g/mol. The van der Waals surface area contributed by atoms with Crippen LogP contribution in [0.5, 0.6) is 0 Å². The molecule has 102 valence electrons. The molecule has 0 aliphatic rings. The summed E-state index contributed by atoms with van der Waals surface area (Å²) in [6.07, 6.45) is 1.84. The third-order valence-corrected chi connectivity index (χ3v) is 3.66. The molecule has 0 saturated heterocycles. The fourth-order valence-corrected chi connectivity index (χ4v) is 2.64. The zero-order valence-electron chi connectivity index (χ0n) is 11.4. The summed E-state index contributed by atoms with van der Waals surface area (Å²) in [4.78, 5) is 11.7. The summed E-state index contributed by atoms with van der Waals surface area (Å²) in [5, 5.41) is 3.20. The third-order valence-electron chi connectivity index (χ3n) is 2.59. The number of esters is 1. The number of ether oxygens (including phenoxy) is 2. The van der Waals surface area contributed by atoms with Crippen molar-refractivity contribution in [2.45, 2.75) is 32.2 Å². The zero-order chi connectivity index (χ0) is 13.1. The lowest BCUT2D eigenvalue weighted by Crippen LogP contribution is -2.50. The summed E-state index contributed by atoms with van der Waals surface area (Å²) in [7, 11) is 3.15. The van der Waals surface area contributed by atoms with E-state index in [-0.39, 0.29) is 5.97 Å². The van der Waals surface area contributed by atoms with Gasteiger partial charge in [0, 0.05) is 13.7 Å². The highest BCUT2D eigenvalue weighted by molar-refractivity contribution is 7.99. The number of thioether (sulfide) groups is 1. The van der Waals surface area contributed by atoms with Crippen LogP contribution in [-0.2, 0) is 14.3 Å². The Morgan fingerprint density at radius 1 is 1.35 bits per heavy atom. The molecule has 0 aromatic carbocycles. The zero-order valence-corrected chi connectivity index (χ0v) is 12.2. The van der Waals surface area contributed by atoms with Gasteiger partial charge >= 0.3 is 5.97 Å². The normalized spacial score (nSPS) is 14.4. The van der Waals surface area contributed by atoms with E-state index < -0.39 is 5.54 Å². The first-order chi connectivity index (χ1) is 8.10. The number of carbonyl (C=O) groups is 1. The Bertz CT molecular complexity index is 214. The van der Waals surface area contributed by atoms with Crippen molar-refractivity contribution in [2.24, 2.45) is 0 Å². The van der Waals surface area contributed by atoms with Gasteiger partial charge in [0.15, 0.2) is 0 Å². The molecule has 0 fully saturated rings. The Labute approximate surface area is 109 Å². The molecule has 5 heteroatoms. The molecule has 0 aliphatic carbocycles. The lowest BCUT2D eigenvalue weighted by Gasteiger charge is -2.27. The molecule has 1 unspecified atom stereocenters. The van der Waals surface area contributed by atoms with Gasteiger partial charge in [0.1, 0.15) is 5.54 Å². The van der Waals surface area contributed by atoms with Gasteiger partial charge in [-0.05, 0) is 37.8 Å². The maximum absolute atomic E-state index is 11.7. The number of hydrogen-bond donors (Lipinski definition) is 1. The Morgan fingerprint density at radius 3 is 2.59 bits per heavy atom. The molecule has 17 heavy (non-hydrogen) atoms.